The first-order valence-corrected chi connectivity index (χ1v) is 8.76. The van der Waals surface area contributed by atoms with E-state index in [1.807, 2.05) is 50.9 Å². The van der Waals surface area contributed by atoms with Crippen LogP contribution < -0.4 is 10.6 Å². The molecule has 2 amide bonds. The van der Waals surface area contributed by atoms with Crippen molar-refractivity contribution >= 4 is 24.2 Å². The quantitative estimate of drug-likeness (QED) is 0.840. The molecule has 1 aromatic carbocycles. The lowest BCUT2D eigenvalue weighted by atomic mass is 9.99. The van der Waals surface area contributed by atoms with Crippen LogP contribution in [0.5, 0.6) is 0 Å². The van der Waals surface area contributed by atoms with Crippen LogP contribution in [0.15, 0.2) is 24.3 Å². The number of halogens is 1. The van der Waals surface area contributed by atoms with Gasteiger partial charge in [-0.15, -0.1) is 12.4 Å². The highest BCUT2D eigenvalue weighted by Gasteiger charge is 2.31. The second-order valence-electron chi connectivity index (χ2n) is 6.95. The van der Waals surface area contributed by atoms with E-state index < -0.39 is 6.04 Å². The minimum atomic E-state index is -0.482. The number of carbonyl (C=O) groups excluding carboxylic acids is 2. The zero-order chi connectivity index (χ0) is 17.7. The number of nitrogens with zero attached hydrogens (tertiary/aromatic N) is 1. The smallest absolute Gasteiger partial charge is 0.251 e. The number of hydrogen-bond acceptors (Lipinski definition) is 3. The predicted molar refractivity (Wildman–Crippen MR) is 103 cm³/mol. The van der Waals surface area contributed by atoms with Crippen molar-refractivity contribution < 1.29 is 9.59 Å². The number of aryl methyl sites for hydroxylation is 1. The Labute approximate surface area is 157 Å². The summed E-state index contributed by atoms with van der Waals surface area (Å²) in [4.78, 5) is 27.2. The maximum Gasteiger partial charge on any atom is 0.251 e. The Bertz CT molecular complexity index is 584. The molecule has 1 heterocycles. The van der Waals surface area contributed by atoms with Crippen LogP contribution in [0.3, 0.4) is 0 Å². The van der Waals surface area contributed by atoms with Gasteiger partial charge in [-0.1, -0.05) is 31.5 Å². The van der Waals surface area contributed by atoms with Crippen LogP contribution in [0.4, 0.5) is 0 Å². The SMILES string of the molecule is CNC1CCN(C(=O)C(NC(=O)c2cccc(C)c2)C(C)C)CC1.Cl. The summed E-state index contributed by atoms with van der Waals surface area (Å²) < 4.78 is 0. The van der Waals surface area contributed by atoms with Crippen molar-refractivity contribution in [1.29, 1.82) is 0 Å². The molecule has 1 fully saturated rings. The lowest BCUT2D eigenvalue weighted by Crippen LogP contribution is -2.54. The molecule has 1 unspecified atom stereocenters. The van der Waals surface area contributed by atoms with Gasteiger partial charge < -0.3 is 15.5 Å². The van der Waals surface area contributed by atoms with E-state index in [-0.39, 0.29) is 30.1 Å². The highest BCUT2D eigenvalue weighted by molar-refractivity contribution is 5.97. The number of carbonyl (C=O) groups is 2. The summed E-state index contributed by atoms with van der Waals surface area (Å²) in [5, 5.41) is 6.20. The lowest BCUT2D eigenvalue weighted by molar-refractivity contribution is -0.135. The van der Waals surface area contributed by atoms with E-state index in [1.165, 1.54) is 0 Å². The number of rotatable bonds is 5. The van der Waals surface area contributed by atoms with Crippen molar-refractivity contribution in [2.75, 3.05) is 20.1 Å². The third-order valence-electron chi connectivity index (χ3n) is 4.71. The van der Waals surface area contributed by atoms with Crippen LogP contribution >= 0.6 is 12.4 Å². The van der Waals surface area contributed by atoms with Crippen LogP contribution in [-0.2, 0) is 4.79 Å². The second-order valence-corrected chi connectivity index (χ2v) is 6.95. The highest BCUT2D eigenvalue weighted by atomic mass is 35.5. The Hall–Kier alpha value is -1.59. The van der Waals surface area contributed by atoms with E-state index in [1.54, 1.807) is 6.07 Å². The van der Waals surface area contributed by atoms with Gasteiger partial charge >= 0.3 is 0 Å². The van der Waals surface area contributed by atoms with Gasteiger partial charge in [0, 0.05) is 24.7 Å². The van der Waals surface area contributed by atoms with Crippen molar-refractivity contribution in [3.8, 4) is 0 Å². The second kappa shape index (κ2) is 9.78. The van der Waals surface area contributed by atoms with Gasteiger partial charge in [-0.3, -0.25) is 9.59 Å². The Morgan fingerprint density at radius 1 is 1.20 bits per heavy atom. The lowest BCUT2D eigenvalue weighted by Gasteiger charge is -2.35. The summed E-state index contributed by atoms with van der Waals surface area (Å²) in [5.41, 5.74) is 1.63. The van der Waals surface area contributed by atoms with E-state index >= 15 is 0 Å². The number of piperidine rings is 1. The molecule has 0 saturated carbocycles. The summed E-state index contributed by atoms with van der Waals surface area (Å²) in [7, 11) is 1.96. The normalized spacial score (nSPS) is 16.3. The molecule has 5 nitrogen and oxygen atoms in total. The maximum absolute atomic E-state index is 12.9. The van der Waals surface area contributed by atoms with E-state index in [9.17, 15) is 9.59 Å². The molecule has 25 heavy (non-hydrogen) atoms. The van der Waals surface area contributed by atoms with Crippen LogP contribution in [-0.4, -0.2) is 48.9 Å². The minimum Gasteiger partial charge on any atom is -0.341 e. The minimum absolute atomic E-state index is 0. The fourth-order valence-electron chi connectivity index (χ4n) is 3.11. The van der Waals surface area contributed by atoms with Gasteiger partial charge in [0.15, 0.2) is 0 Å². The van der Waals surface area contributed by atoms with Crippen molar-refractivity contribution in [2.24, 2.45) is 5.92 Å². The molecule has 0 bridgehead atoms. The van der Waals surface area contributed by atoms with Gasteiger partial charge in [0.2, 0.25) is 5.91 Å². The van der Waals surface area contributed by atoms with Crippen LogP contribution in [0.1, 0.15) is 42.6 Å². The molecule has 2 N–H and O–H groups in total. The molecule has 6 heteroatoms. The van der Waals surface area contributed by atoms with Crippen molar-refractivity contribution in [1.82, 2.24) is 15.5 Å². The predicted octanol–water partition coefficient (Wildman–Crippen LogP) is 2.38. The molecule has 1 aliphatic heterocycles. The number of likely N-dealkylation sites (tertiary alicyclic amines) is 1. The molecular formula is C19H30ClN3O2. The van der Waals surface area contributed by atoms with E-state index in [0.29, 0.717) is 11.6 Å². The Kier molecular flexibility index (Phi) is 8.39. The van der Waals surface area contributed by atoms with Gasteiger partial charge in [-0.05, 0) is 44.9 Å². The number of benzene rings is 1. The summed E-state index contributed by atoms with van der Waals surface area (Å²) in [6, 6.07) is 7.43. The van der Waals surface area contributed by atoms with E-state index in [2.05, 4.69) is 10.6 Å². The molecule has 0 aromatic heterocycles. The summed E-state index contributed by atoms with van der Waals surface area (Å²) in [5.74, 6) is -0.107. The highest BCUT2D eigenvalue weighted by Crippen LogP contribution is 2.15. The largest absolute Gasteiger partial charge is 0.341 e. The molecule has 0 spiro atoms. The Morgan fingerprint density at radius 3 is 2.36 bits per heavy atom. The third-order valence-corrected chi connectivity index (χ3v) is 4.71. The van der Waals surface area contributed by atoms with Crippen molar-refractivity contribution in [3.05, 3.63) is 35.4 Å². The first kappa shape index (κ1) is 21.5. The third kappa shape index (κ3) is 5.72. The summed E-state index contributed by atoms with van der Waals surface area (Å²) >= 11 is 0. The molecule has 140 valence electrons. The molecule has 1 aromatic rings. The van der Waals surface area contributed by atoms with Crippen molar-refractivity contribution in [3.63, 3.8) is 0 Å². The maximum atomic E-state index is 12.9. The van der Waals surface area contributed by atoms with Gasteiger partial charge in [0.05, 0.1) is 0 Å². The Balaban J connectivity index is 0.00000312. The van der Waals surface area contributed by atoms with Crippen molar-refractivity contribution in [2.45, 2.75) is 45.7 Å². The zero-order valence-corrected chi connectivity index (χ0v) is 16.4. The average Bonchev–Trinajstić information content (AvgIpc) is 2.58. The molecule has 0 radical (unpaired) electrons. The van der Waals surface area contributed by atoms with Gasteiger partial charge in [-0.2, -0.15) is 0 Å². The zero-order valence-electron chi connectivity index (χ0n) is 15.5. The fourth-order valence-corrected chi connectivity index (χ4v) is 3.11. The summed E-state index contributed by atoms with van der Waals surface area (Å²) in [6.07, 6.45) is 1.91. The number of hydrogen-bond donors (Lipinski definition) is 2. The fraction of sp³-hybridized carbons (Fsp3) is 0.579. The standard InChI is InChI=1S/C19H29N3O2.ClH/c1-13(2)17(19(24)22-10-8-16(20-4)9-11-22)21-18(23)15-7-5-6-14(3)12-15;/h5-7,12-13,16-17,20H,8-11H2,1-4H3,(H,21,23);1H. The summed E-state index contributed by atoms with van der Waals surface area (Å²) in [6.45, 7) is 7.38. The van der Waals surface area contributed by atoms with E-state index in [4.69, 9.17) is 0 Å². The molecule has 1 saturated heterocycles. The van der Waals surface area contributed by atoms with Gasteiger partial charge in [-0.25, -0.2) is 0 Å². The van der Waals surface area contributed by atoms with Gasteiger partial charge in [0.1, 0.15) is 6.04 Å². The topological polar surface area (TPSA) is 61.4 Å². The van der Waals surface area contributed by atoms with Gasteiger partial charge in [0.25, 0.3) is 5.91 Å². The van der Waals surface area contributed by atoms with Crippen LogP contribution in [0, 0.1) is 12.8 Å². The first-order chi connectivity index (χ1) is 11.4. The van der Waals surface area contributed by atoms with E-state index in [0.717, 1.165) is 31.5 Å². The molecule has 0 aliphatic carbocycles. The average molecular weight is 368 g/mol. The molecular weight excluding hydrogens is 338 g/mol. The first-order valence-electron chi connectivity index (χ1n) is 8.76. The monoisotopic (exact) mass is 367 g/mol. The van der Waals surface area contributed by atoms with Crippen LogP contribution in [0.2, 0.25) is 0 Å². The Morgan fingerprint density at radius 2 is 1.84 bits per heavy atom. The molecule has 1 atom stereocenters. The molecule has 2 rings (SSSR count). The number of nitrogens with one attached hydrogen (secondary N) is 2. The van der Waals surface area contributed by atoms with Crippen LogP contribution in [0.25, 0.3) is 0 Å². The molecule has 1 aliphatic rings. The number of amides is 2.